The topological polar surface area (TPSA) is 64.8 Å². The van der Waals surface area contributed by atoms with E-state index in [-0.39, 0.29) is 0 Å². The van der Waals surface area contributed by atoms with Crippen LogP contribution in [0.2, 0.25) is 0 Å². The average Bonchev–Trinajstić information content (AvgIpc) is 2.79. The zero-order valence-corrected chi connectivity index (χ0v) is 17.6. The van der Waals surface area contributed by atoms with Gasteiger partial charge in [-0.2, -0.15) is 0 Å². The van der Waals surface area contributed by atoms with E-state index in [1.54, 1.807) is 18.2 Å². The molecule has 6 heteroatoms. The number of unbranched alkanes of at least 4 members (excludes halogenated alkanes) is 2. The third kappa shape index (κ3) is 6.19. The molecule has 156 valence electrons. The highest BCUT2D eigenvalue weighted by Gasteiger charge is 2.08. The van der Waals surface area contributed by atoms with Crippen LogP contribution in [0.15, 0.2) is 78.9 Å². The van der Waals surface area contributed by atoms with Crippen molar-refractivity contribution in [2.75, 3.05) is 17.5 Å². The van der Waals surface area contributed by atoms with Crippen LogP contribution in [0, 0.1) is 0 Å². The summed E-state index contributed by atoms with van der Waals surface area (Å²) in [4.78, 5) is 11.2. The molecule has 0 aliphatic heterocycles. The number of carbonyl (C=O) groups excluding carboxylic acids is 1. The third-order valence-corrected chi connectivity index (χ3v) is 4.99. The first-order valence-electron chi connectivity index (χ1n) is 9.94. The van der Waals surface area contributed by atoms with Crippen molar-refractivity contribution in [1.29, 1.82) is 0 Å². The molecule has 3 aromatic carbocycles. The predicted octanol–water partition coefficient (Wildman–Crippen LogP) is 5.71. The van der Waals surface area contributed by atoms with Crippen molar-refractivity contribution in [3.8, 4) is 22.6 Å². The number of amides is 2. The van der Waals surface area contributed by atoms with Crippen LogP contribution in [0.3, 0.4) is 0 Å². The minimum Gasteiger partial charge on any atom is -0.494 e. The second-order valence-corrected chi connectivity index (χ2v) is 7.17. The van der Waals surface area contributed by atoms with Crippen molar-refractivity contribution >= 4 is 24.5 Å². The van der Waals surface area contributed by atoms with E-state index in [1.165, 1.54) is 0 Å². The fraction of sp³-hybridized carbons (Fsp3) is 0.208. The molecule has 0 aromatic heterocycles. The number of ether oxygens (including phenoxy) is 2. The maximum absolute atomic E-state index is 11.2. The summed E-state index contributed by atoms with van der Waals surface area (Å²) in [5, 5.41) is 0. The van der Waals surface area contributed by atoms with Gasteiger partial charge in [-0.25, -0.2) is 9.10 Å². The first-order valence-corrected chi connectivity index (χ1v) is 10.3. The smallest absolute Gasteiger partial charge is 0.329 e. The lowest BCUT2D eigenvalue weighted by Crippen LogP contribution is -2.27. The van der Waals surface area contributed by atoms with Gasteiger partial charge in [0.25, 0.3) is 0 Å². The van der Waals surface area contributed by atoms with Crippen molar-refractivity contribution in [3.63, 3.8) is 0 Å². The molecule has 2 N–H and O–H groups in total. The molecule has 0 saturated carbocycles. The standard InChI is InChI=1S/C24H26N2O3S/c25-24(27)26(30)20-12-9-13-21(18-20)28-16-7-2-8-17-29-23-15-6-5-14-22(23)19-10-3-1-4-11-19/h1,3-6,9-15,18,30H,2,7-8,16-17H2,(H2,25,27). The number of nitrogens with zero attached hydrogens (tertiary/aromatic N) is 1. The molecule has 0 bridgehead atoms. The van der Waals surface area contributed by atoms with Gasteiger partial charge in [0, 0.05) is 11.6 Å². The second kappa shape index (κ2) is 11.2. The van der Waals surface area contributed by atoms with Gasteiger partial charge >= 0.3 is 6.03 Å². The Morgan fingerprint density at radius 3 is 2.30 bits per heavy atom. The van der Waals surface area contributed by atoms with Crippen LogP contribution in [0.1, 0.15) is 19.3 Å². The van der Waals surface area contributed by atoms with E-state index in [1.807, 2.05) is 42.5 Å². The largest absolute Gasteiger partial charge is 0.494 e. The van der Waals surface area contributed by atoms with E-state index in [0.29, 0.717) is 24.7 Å². The van der Waals surface area contributed by atoms with Crippen LogP contribution >= 0.6 is 12.8 Å². The SMILES string of the molecule is NC(=O)N(S)c1cccc(OCCCCCOc2ccccc2-c2ccccc2)c1. The Labute approximate surface area is 183 Å². The van der Waals surface area contributed by atoms with Gasteiger partial charge in [0.2, 0.25) is 0 Å². The Balaban J connectivity index is 1.39. The molecule has 30 heavy (non-hydrogen) atoms. The van der Waals surface area contributed by atoms with E-state index < -0.39 is 6.03 Å². The van der Waals surface area contributed by atoms with E-state index in [4.69, 9.17) is 15.2 Å². The molecule has 0 aliphatic carbocycles. The summed E-state index contributed by atoms with van der Waals surface area (Å²) in [6.07, 6.45) is 2.85. The molecule has 3 aromatic rings. The first kappa shape index (κ1) is 21.6. The van der Waals surface area contributed by atoms with Crippen LogP contribution in [-0.2, 0) is 0 Å². The summed E-state index contributed by atoms with van der Waals surface area (Å²) in [5.41, 5.74) is 8.07. The molecule has 0 unspecified atom stereocenters. The summed E-state index contributed by atoms with van der Waals surface area (Å²) in [6, 6.07) is 24.9. The van der Waals surface area contributed by atoms with E-state index >= 15 is 0 Å². The number of hydrogen-bond donors (Lipinski definition) is 2. The molecular formula is C24H26N2O3S. The monoisotopic (exact) mass is 422 g/mol. The lowest BCUT2D eigenvalue weighted by Gasteiger charge is -2.14. The quantitative estimate of drug-likeness (QED) is 0.325. The number of para-hydroxylation sites is 1. The lowest BCUT2D eigenvalue weighted by atomic mass is 10.1. The van der Waals surface area contributed by atoms with Gasteiger partial charge in [0.05, 0.1) is 18.9 Å². The van der Waals surface area contributed by atoms with Gasteiger partial charge in [-0.1, -0.05) is 67.4 Å². The van der Waals surface area contributed by atoms with Crippen molar-refractivity contribution in [2.45, 2.75) is 19.3 Å². The molecule has 0 heterocycles. The number of benzene rings is 3. The summed E-state index contributed by atoms with van der Waals surface area (Å²) in [5.74, 6) is 1.59. The number of nitrogens with two attached hydrogens (primary N) is 1. The van der Waals surface area contributed by atoms with Gasteiger partial charge in [-0.05, 0) is 43.0 Å². The van der Waals surface area contributed by atoms with Crippen LogP contribution in [0.4, 0.5) is 10.5 Å². The number of hydrogen-bond acceptors (Lipinski definition) is 4. The second-order valence-electron chi connectivity index (χ2n) is 6.77. The maximum Gasteiger partial charge on any atom is 0.329 e. The van der Waals surface area contributed by atoms with E-state index in [0.717, 1.165) is 40.4 Å². The molecule has 0 fully saturated rings. The van der Waals surface area contributed by atoms with Crippen LogP contribution in [0.5, 0.6) is 11.5 Å². The average molecular weight is 423 g/mol. The number of thiol groups is 1. The van der Waals surface area contributed by atoms with Gasteiger partial charge in [0.15, 0.2) is 0 Å². The highest BCUT2D eigenvalue weighted by molar-refractivity contribution is 7.82. The Morgan fingerprint density at radius 2 is 1.53 bits per heavy atom. The van der Waals surface area contributed by atoms with Gasteiger partial charge < -0.3 is 15.2 Å². The molecule has 5 nitrogen and oxygen atoms in total. The number of rotatable bonds is 10. The molecule has 3 rings (SSSR count). The normalized spacial score (nSPS) is 10.4. The minimum absolute atomic E-state index is 0.578. The molecule has 0 radical (unpaired) electrons. The number of anilines is 1. The highest BCUT2D eigenvalue weighted by Crippen LogP contribution is 2.29. The Kier molecular flexibility index (Phi) is 8.03. The fourth-order valence-corrected chi connectivity index (χ4v) is 3.16. The van der Waals surface area contributed by atoms with Gasteiger partial charge in [-0.3, -0.25) is 0 Å². The molecule has 0 saturated heterocycles. The maximum atomic E-state index is 11.2. The number of primary amides is 1. The minimum atomic E-state index is -0.635. The van der Waals surface area contributed by atoms with Crippen LogP contribution in [-0.4, -0.2) is 19.2 Å². The number of urea groups is 1. The van der Waals surface area contributed by atoms with Gasteiger partial charge in [0.1, 0.15) is 11.5 Å². The third-order valence-electron chi connectivity index (χ3n) is 4.56. The van der Waals surface area contributed by atoms with Crippen molar-refractivity contribution in [1.82, 2.24) is 0 Å². The highest BCUT2D eigenvalue weighted by atomic mass is 32.1. The number of carbonyl (C=O) groups is 1. The summed E-state index contributed by atoms with van der Waals surface area (Å²) in [6.45, 7) is 1.25. The molecule has 0 atom stereocenters. The molecule has 0 spiro atoms. The summed E-state index contributed by atoms with van der Waals surface area (Å²) in [7, 11) is 0. The van der Waals surface area contributed by atoms with Crippen molar-refractivity contribution in [3.05, 3.63) is 78.9 Å². The van der Waals surface area contributed by atoms with Crippen molar-refractivity contribution in [2.24, 2.45) is 5.73 Å². The Hall–Kier alpha value is -3.12. The van der Waals surface area contributed by atoms with Crippen molar-refractivity contribution < 1.29 is 14.3 Å². The van der Waals surface area contributed by atoms with Crippen LogP contribution < -0.4 is 19.5 Å². The molecule has 0 aliphatic rings. The van der Waals surface area contributed by atoms with Crippen LogP contribution in [0.25, 0.3) is 11.1 Å². The summed E-state index contributed by atoms with van der Waals surface area (Å²) < 4.78 is 12.9. The Morgan fingerprint density at radius 1 is 0.833 bits per heavy atom. The predicted molar refractivity (Wildman–Crippen MR) is 124 cm³/mol. The van der Waals surface area contributed by atoms with Gasteiger partial charge in [-0.15, -0.1) is 0 Å². The van der Waals surface area contributed by atoms with E-state index in [9.17, 15) is 4.79 Å². The first-order chi connectivity index (χ1) is 14.6. The zero-order chi connectivity index (χ0) is 21.2. The molecular weight excluding hydrogens is 396 g/mol. The lowest BCUT2D eigenvalue weighted by molar-refractivity contribution is 0.257. The summed E-state index contributed by atoms with van der Waals surface area (Å²) >= 11 is 4.06. The molecule has 2 amide bonds. The van der Waals surface area contributed by atoms with E-state index in [2.05, 4.69) is 31.0 Å². The zero-order valence-electron chi connectivity index (χ0n) is 16.7. The Bertz CT molecular complexity index is 950. The fourth-order valence-electron chi connectivity index (χ4n) is 3.03.